The molecule has 4 aromatic rings. The van der Waals surface area contributed by atoms with Gasteiger partial charge in [0.05, 0.1) is 49.6 Å². The molecule has 0 atom stereocenters. The van der Waals surface area contributed by atoms with Crippen LogP contribution >= 0.6 is 0 Å². The Morgan fingerprint density at radius 1 is 0.875 bits per heavy atom. The highest BCUT2D eigenvalue weighted by Crippen LogP contribution is 2.44. The average molecular weight is 454 g/mol. The van der Waals surface area contributed by atoms with Crippen LogP contribution in [-0.2, 0) is 16.6 Å². The van der Waals surface area contributed by atoms with Crippen LogP contribution in [0.4, 0.5) is 0 Å². The van der Waals surface area contributed by atoms with Crippen LogP contribution in [0.3, 0.4) is 0 Å². The van der Waals surface area contributed by atoms with Crippen LogP contribution in [0, 0.1) is 0 Å². The summed E-state index contributed by atoms with van der Waals surface area (Å²) in [5.41, 5.74) is 1.76. The molecule has 166 valence electrons. The standard InChI is InChI=1S/C24H23NO6S/c1-29-18-10-11-20-17(13-18)14-21(25(20)32(27,28)19-7-5-4-6-8-19)23-22(30-2)12-9-16(15-26)24(23)31-3/h4-14,26H,15H2,1-3H3. The van der Waals surface area contributed by atoms with Gasteiger partial charge in [0.15, 0.2) is 0 Å². The first-order chi connectivity index (χ1) is 15.5. The second-order valence-corrected chi connectivity index (χ2v) is 8.82. The molecule has 0 fully saturated rings. The Labute approximate surface area is 186 Å². The maximum absolute atomic E-state index is 13.8. The second kappa shape index (κ2) is 8.57. The minimum Gasteiger partial charge on any atom is -0.497 e. The van der Waals surface area contributed by atoms with Crippen molar-refractivity contribution in [1.82, 2.24) is 3.97 Å². The number of rotatable bonds is 7. The SMILES string of the molecule is COc1ccc2c(c1)cc(-c1c(OC)ccc(CO)c1OC)n2S(=O)(=O)c1ccccc1. The summed E-state index contributed by atoms with van der Waals surface area (Å²) in [6, 6.07) is 18.5. The normalized spacial score (nSPS) is 11.5. The summed E-state index contributed by atoms with van der Waals surface area (Å²) < 4.78 is 45.4. The molecule has 7 nitrogen and oxygen atoms in total. The third kappa shape index (κ3) is 3.47. The van der Waals surface area contributed by atoms with Crippen LogP contribution in [0.15, 0.2) is 71.6 Å². The minimum absolute atomic E-state index is 0.144. The van der Waals surface area contributed by atoms with Gasteiger partial charge in [0.2, 0.25) is 0 Å². The average Bonchev–Trinajstić information content (AvgIpc) is 3.22. The van der Waals surface area contributed by atoms with E-state index in [1.807, 2.05) is 0 Å². The molecule has 0 amide bonds. The van der Waals surface area contributed by atoms with Crippen LogP contribution in [0.5, 0.6) is 17.2 Å². The zero-order valence-electron chi connectivity index (χ0n) is 17.9. The van der Waals surface area contributed by atoms with Crippen molar-refractivity contribution in [3.8, 4) is 28.5 Å². The molecule has 0 aliphatic carbocycles. The van der Waals surface area contributed by atoms with Gasteiger partial charge in [-0.3, -0.25) is 0 Å². The Balaban J connectivity index is 2.15. The van der Waals surface area contributed by atoms with Crippen LogP contribution in [0.25, 0.3) is 22.2 Å². The van der Waals surface area contributed by atoms with Crippen LogP contribution in [-0.4, -0.2) is 38.8 Å². The number of methoxy groups -OCH3 is 3. The minimum atomic E-state index is -3.99. The fourth-order valence-corrected chi connectivity index (χ4v) is 5.34. The van der Waals surface area contributed by atoms with Gasteiger partial charge in [-0.25, -0.2) is 12.4 Å². The van der Waals surface area contributed by atoms with E-state index in [1.54, 1.807) is 73.8 Å². The van der Waals surface area contributed by atoms with Gasteiger partial charge < -0.3 is 19.3 Å². The number of benzene rings is 3. The summed E-state index contributed by atoms with van der Waals surface area (Å²) in [4.78, 5) is 0.144. The molecule has 1 heterocycles. The first-order valence-corrected chi connectivity index (χ1v) is 11.3. The number of nitrogens with zero attached hydrogens (tertiary/aromatic N) is 1. The van der Waals surface area contributed by atoms with E-state index in [2.05, 4.69) is 0 Å². The number of ether oxygens (including phenoxy) is 3. The lowest BCUT2D eigenvalue weighted by Crippen LogP contribution is -2.14. The highest BCUT2D eigenvalue weighted by Gasteiger charge is 2.28. The largest absolute Gasteiger partial charge is 0.497 e. The zero-order chi connectivity index (χ0) is 22.9. The molecule has 1 aromatic heterocycles. The summed E-state index contributed by atoms with van der Waals surface area (Å²) >= 11 is 0. The fraction of sp³-hybridized carbons (Fsp3) is 0.167. The molecule has 0 saturated carbocycles. The molecule has 0 unspecified atom stereocenters. The Hall–Kier alpha value is -3.49. The van der Waals surface area contributed by atoms with Crippen LogP contribution in [0.2, 0.25) is 0 Å². The molecule has 8 heteroatoms. The van der Waals surface area contributed by atoms with Crippen molar-refractivity contribution in [2.75, 3.05) is 21.3 Å². The lowest BCUT2D eigenvalue weighted by Gasteiger charge is -2.18. The zero-order valence-corrected chi connectivity index (χ0v) is 18.7. The number of aliphatic hydroxyl groups excluding tert-OH is 1. The maximum Gasteiger partial charge on any atom is 0.268 e. The van der Waals surface area contributed by atoms with Crippen LogP contribution < -0.4 is 14.2 Å². The van der Waals surface area contributed by atoms with Gasteiger partial charge >= 0.3 is 0 Å². The van der Waals surface area contributed by atoms with Gasteiger partial charge in [0.1, 0.15) is 17.2 Å². The molecule has 4 rings (SSSR count). The number of aliphatic hydroxyl groups is 1. The van der Waals surface area contributed by atoms with E-state index in [4.69, 9.17) is 14.2 Å². The Bertz CT molecular complexity index is 1380. The highest BCUT2D eigenvalue weighted by atomic mass is 32.2. The van der Waals surface area contributed by atoms with E-state index in [1.165, 1.54) is 18.2 Å². The number of hydrogen-bond acceptors (Lipinski definition) is 6. The van der Waals surface area contributed by atoms with E-state index >= 15 is 0 Å². The van der Waals surface area contributed by atoms with Crippen molar-refractivity contribution in [2.24, 2.45) is 0 Å². The molecule has 0 radical (unpaired) electrons. The molecular weight excluding hydrogens is 430 g/mol. The first-order valence-electron chi connectivity index (χ1n) is 9.81. The predicted molar refractivity (Wildman–Crippen MR) is 122 cm³/mol. The van der Waals surface area contributed by atoms with Crippen molar-refractivity contribution in [3.05, 3.63) is 72.3 Å². The predicted octanol–water partition coefficient (Wildman–Crippen LogP) is 4.06. The smallest absolute Gasteiger partial charge is 0.268 e. The van der Waals surface area contributed by atoms with Gasteiger partial charge in [-0.05, 0) is 48.5 Å². The maximum atomic E-state index is 13.8. The van der Waals surface area contributed by atoms with E-state index in [0.29, 0.717) is 45.0 Å². The van der Waals surface area contributed by atoms with Crippen molar-refractivity contribution in [3.63, 3.8) is 0 Å². The third-order valence-corrected chi connectivity index (χ3v) is 7.04. The van der Waals surface area contributed by atoms with Crippen molar-refractivity contribution >= 4 is 20.9 Å². The molecular formula is C24H23NO6S. The summed E-state index contributed by atoms with van der Waals surface area (Å²) in [5.74, 6) is 1.35. The highest BCUT2D eigenvalue weighted by molar-refractivity contribution is 7.90. The van der Waals surface area contributed by atoms with E-state index in [-0.39, 0.29) is 11.5 Å². The van der Waals surface area contributed by atoms with Crippen molar-refractivity contribution < 1.29 is 27.7 Å². The molecule has 1 N–H and O–H groups in total. The fourth-order valence-electron chi connectivity index (χ4n) is 3.80. The monoisotopic (exact) mass is 453 g/mol. The topological polar surface area (TPSA) is 87.0 Å². The van der Waals surface area contributed by atoms with Gasteiger partial charge in [0, 0.05) is 10.9 Å². The molecule has 0 spiro atoms. The molecule has 3 aromatic carbocycles. The van der Waals surface area contributed by atoms with Crippen molar-refractivity contribution in [1.29, 1.82) is 0 Å². The summed E-state index contributed by atoms with van der Waals surface area (Å²) in [7, 11) is 0.534. The lowest BCUT2D eigenvalue weighted by molar-refractivity contribution is 0.273. The molecule has 32 heavy (non-hydrogen) atoms. The van der Waals surface area contributed by atoms with Crippen molar-refractivity contribution in [2.45, 2.75) is 11.5 Å². The van der Waals surface area contributed by atoms with E-state index in [9.17, 15) is 13.5 Å². The Morgan fingerprint density at radius 2 is 1.62 bits per heavy atom. The van der Waals surface area contributed by atoms with Crippen LogP contribution in [0.1, 0.15) is 5.56 Å². The number of hydrogen-bond donors (Lipinski definition) is 1. The van der Waals surface area contributed by atoms with E-state index < -0.39 is 10.0 Å². The van der Waals surface area contributed by atoms with Gasteiger partial charge in [0.25, 0.3) is 10.0 Å². The summed E-state index contributed by atoms with van der Waals surface area (Å²) in [6.07, 6.45) is 0. The first kappa shape index (κ1) is 21.7. The third-order valence-electron chi connectivity index (χ3n) is 5.30. The molecule has 0 aliphatic heterocycles. The molecule has 0 aliphatic rings. The van der Waals surface area contributed by atoms with Gasteiger partial charge in [-0.15, -0.1) is 0 Å². The molecule has 0 bridgehead atoms. The van der Waals surface area contributed by atoms with E-state index in [0.717, 1.165) is 0 Å². The number of fused-ring (bicyclic) bond motifs is 1. The Kier molecular flexibility index (Phi) is 5.82. The summed E-state index contributed by atoms with van der Waals surface area (Å²) in [6.45, 7) is -0.278. The van der Waals surface area contributed by atoms with Gasteiger partial charge in [-0.2, -0.15) is 0 Å². The second-order valence-electron chi connectivity index (χ2n) is 7.03. The van der Waals surface area contributed by atoms with Gasteiger partial charge in [-0.1, -0.05) is 18.2 Å². The quantitative estimate of drug-likeness (QED) is 0.454. The summed E-state index contributed by atoms with van der Waals surface area (Å²) in [5, 5.41) is 10.5. The Morgan fingerprint density at radius 3 is 2.25 bits per heavy atom. The number of aromatic nitrogens is 1. The lowest BCUT2D eigenvalue weighted by atomic mass is 10.0. The molecule has 0 saturated heterocycles.